The van der Waals surface area contributed by atoms with Gasteiger partial charge in [-0.15, -0.1) is 0 Å². The summed E-state index contributed by atoms with van der Waals surface area (Å²) in [5.41, 5.74) is 2.72. The molecule has 3 aliphatic rings. The van der Waals surface area contributed by atoms with Gasteiger partial charge in [-0.3, -0.25) is 0 Å². The van der Waals surface area contributed by atoms with E-state index in [0.29, 0.717) is 11.6 Å². The average molecular weight is 468 g/mol. The molecule has 5 rings (SSSR count). The van der Waals surface area contributed by atoms with Gasteiger partial charge in [0.15, 0.2) is 0 Å². The quantitative estimate of drug-likeness (QED) is 0.661. The highest BCUT2D eigenvalue weighted by atomic mass is 32.2. The molecule has 2 aromatic rings. The van der Waals surface area contributed by atoms with E-state index in [-0.39, 0.29) is 22.5 Å². The van der Waals surface area contributed by atoms with Crippen molar-refractivity contribution in [3.05, 3.63) is 30.0 Å². The second-order valence-corrected chi connectivity index (χ2v) is 12.1. The Balaban J connectivity index is 1.71. The van der Waals surface area contributed by atoms with Crippen LogP contribution in [0.25, 0.3) is 11.1 Å². The van der Waals surface area contributed by atoms with Crippen molar-refractivity contribution in [1.82, 2.24) is 19.7 Å². The predicted octanol–water partition coefficient (Wildman–Crippen LogP) is 3.15. The topological polar surface area (TPSA) is 78.7 Å². The second kappa shape index (κ2) is 7.86. The molecule has 176 valence electrons. The number of fused-ring (bicyclic) bond motifs is 1. The Morgan fingerprint density at radius 1 is 1.24 bits per heavy atom. The Labute approximate surface area is 196 Å². The number of piperazine rings is 1. The molecule has 2 aliphatic carbocycles. The third-order valence-electron chi connectivity index (χ3n) is 6.66. The zero-order chi connectivity index (χ0) is 23.5. The van der Waals surface area contributed by atoms with Crippen molar-refractivity contribution in [3.63, 3.8) is 0 Å². The van der Waals surface area contributed by atoms with Crippen molar-refractivity contribution < 1.29 is 8.42 Å². The van der Waals surface area contributed by atoms with Crippen molar-refractivity contribution in [1.29, 1.82) is 0 Å². The molecule has 0 radical (unpaired) electrons. The van der Waals surface area contributed by atoms with E-state index >= 15 is 0 Å². The lowest BCUT2D eigenvalue weighted by atomic mass is 10.1. The first-order valence-electron chi connectivity index (χ1n) is 11.8. The summed E-state index contributed by atoms with van der Waals surface area (Å²) in [6, 6.07) is 4.04. The van der Waals surface area contributed by atoms with Gasteiger partial charge in [-0.1, -0.05) is 12.5 Å². The first-order chi connectivity index (χ1) is 15.5. The Hall–Kier alpha value is -2.34. The summed E-state index contributed by atoms with van der Waals surface area (Å²) in [4.78, 5) is 2.49. The Bertz CT molecular complexity index is 1280. The maximum atomic E-state index is 13.4. The molecular weight excluding hydrogens is 434 g/mol. The molecule has 1 aliphatic heterocycles. The molecule has 3 heterocycles. The number of pyridine rings is 1. The highest BCUT2D eigenvalue weighted by Crippen LogP contribution is 2.37. The van der Waals surface area contributed by atoms with Crippen LogP contribution >= 0.6 is 0 Å². The summed E-state index contributed by atoms with van der Waals surface area (Å²) in [6.45, 7) is 13.9. The molecule has 8 heteroatoms. The Morgan fingerprint density at radius 3 is 2.48 bits per heavy atom. The smallest absolute Gasteiger partial charge is 0.241 e. The summed E-state index contributed by atoms with van der Waals surface area (Å²) in [5, 5.41) is 8.42. The average Bonchev–Trinajstić information content (AvgIpc) is 3.63. The summed E-state index contributed by atoms with van der Waals surface area (Å²) in [6.07, 6.45) is 3.99. The number of anilines is 1. The second-order valence-electron chi connectivity index (χ2n) is 10.4. The van der Waals surface area contributed by atoms with Gasteiger partial charge in [-0.25, -0.2) is 17.7 Å². The molecule has 33 heavy (non-hydrogen) atoms. The largest absolute Gasteiger partial charge is 0.353 e. The first-order valence-corrected chi connectivity index (χ1v) is 13.3. The van der Waals surface area contributed by atoms with Gasteiger partial charge < -0.3 is 10.2 Å². The molecule has 7 nitrogen and oxygen atoms in total. The lowest BCUT2D eigenvalue weighted by molar-refractivity contribution is 0.403. The summed E-state index contributed by atoms with van der Waals surface area (Å²) in [7, 11) is -3.68. The molecular formula is C25H33N5O2S. The summed E-state index contributed by atoms with van der Waals surface area (Å²) < 4.78 is 31.5. The minimum absolute atomic E-state index is 0.265. The fourth-order valence-electron chi connectivity index (χ4n) is 4.58. The number of nitrogens with zero attached hydrogens (tertiary/aromatic N) is 3. The van der Waals surface area contributed by atoms with Crippen molar-refractivity contribution in [2.24, 2.45) is 5.92 Å². The highest BCUT2D eigenvalue weighted by molar-refractivity contribution is 7.89. The van der Waals surface area contributed by atoms with Gasteiger partial charge >= 0.3 is 0 Å². The summed E-state index contributed by atoms with van der Waals surface area (Å²) in [5.74, 6) is 7.79. The van der Waals surface area contributed by atoms with E-state index in [9.17, 15) is 8.42 Å². The van der Waals surface area contributed by atoms with Crippen LogP contribution < -0.4 is 14.9 Å². The highest BCUT2D eigenvalue weighted by Gasteiger charge is 2.41. The number of sulfonamides is 1. The molecule has 0 aromatic carbocycles. The van der Waals surface area contributed by atoms with Crippen LogP contribution in [-0.4, -0.2) is 48.7 Å². The van der Waals surface area contributed by atoms with E-state index in [4.69, 9.17) is 5.10 Å². The van der Waals surface area contributed by atoms with Crippen molar-refractivity contribution in [3.8, 4) is 11.8 Å². The van der Waals surface area contributed by atoms with Gasteiger partial charge in [0.2, 0.25) is 10.0 Å². The molecule has 0 unspecified atom stereocenters. The monoisotopic (exact) mass is 467 g/mol. The predicted molar refractivity (Wildman–Crippen MR) is 132 cm³/mol. The molecule has 0 bridgehead atoms. The molecule has 0 amide bonds. The zero-order valence-corrected chi connectivity index (χ0v) is 20.7. The fourth-order valence-corrected chi connectivity index (χ4v) is 6.08. The van der Waals surface area contributed by atoms with E-state index in [1.165, 1.54) is 0 Å². The zero-order valence-electron chi connectivity index (χ0n) is 19.9. The normalized spacial score (nSPS) is 24.4. The first kappa shape index (κ1) is 22.5. The molecule has 2 aromatic heterocycles. The van der Waals surface area contributed by atoms with Gasteiger partial charge in [0.05, 0.1) is 10.4 Å². The van der Waals surface area contributed by atoms with Gasteiger partial charge in [0.25, 0.3) is 0 Å². The molecule has 2 atom stereocenters. The van der Waals surface area contributed by atoms with Crippen LogP contribution in [0.2, 0.25) is 0 Å². The van der Waals surface area contributed by atoms with Crippen LogP contribution in [-0.2, 0) is 10.0 Å². The lowest BCUT2D eigenvalue weighted by Crippen LogP contribution is -2.54. The van der Waals surface area contributed by atoms with Crippen LogP contribution in [0.4, 0.5) is 5.82 Å². The van der Waals surface area contributed by atoms with Crippen molar-refractivity contribution in [2.45, 2.75) is 75.9 Å². The number of allylic oxidation sites excluding steroid dienone is 1. The van der Waals surface area contributed by atoms with E-state index in [0.717, 1.165) is 61.2 Å². The Morgan fingerprint density at radius 2 is 1.91 bits per heavy atom. The maximum Gasteiger partial charge on any atom is 0.241 e. The molecule has 0 spiro atoms. The van der Waals surface area contributed by atoms with E-state index < -0.39 is 10.0 Å². The lowest BCUT2D eigenvalue weighted by Gasteiger charge is -2.37. The minimum Gasteiger partial charge on any atom is -0.353 e. The number of nitrogens with one attached hydrogen (secondary N) is 2. The van der Waals surface area contributed by atoms with Gasteiger partial charge in [0, 0.05) is 48.3 Å². The van der Waals surface area contributed by atoms with E-state index in [1.807, 2.05) is 18.4 Å². The molecule has 2 saturated carbocycles. The van der Waals surface area contributed by atoms with Crippen LogP contribution in [0.15, 0.2) is 23.6 Å². The number of aromatic nitrogens is 2. The Kier molecular flexibility index (Phi) is 5.35. The van der Waals surface area contributed by atoms with Crippen LogP contribution in [0.3, 0.4) is 0 Å². The van der Waals surface area contributed by atoms with Gasteiger partial charge in [0.1, 0.15) is 11.5 Å². The maximum absolute atomic E-state index is 13.4. The van der Waals surface area contributed by atoms with E-state index in [2.05, 4.69) is 47.2 Å². The van der Waals surface area contributed by atoms with Crippen molar-refractivity contribution in [2.75, 3.05) is 18.0 Å². The molecule has 2 N–H and O–H groups in total. The SMILES string of the molecule is C=C(C)c1c(C#CC2CC2)nn2c(N3C[C@H](C)N[C@@H](C)C3)cc(S(=O)(=O)NC3(C)CC3)cc12. The minimum atomic E-state index is -3.68. The third kappa shape index (κ3) is 4.54. The van der Waals surface area contributed by atoms with Crippen molar-refractivity contribution >= 4 is 26.9 Å². The number of hydrogen-bond donors (Lipinski definition) is 2. The van der Waals surface area contributed by atoms with Gasteiger partial charge in [-0.05, 0) is 70.9 Å². The van der Waals surface area contributed by atoms with E-state index in [1.54, 1.807) is 12.1 Å². The van der Waals surface area contributed by atoms with Crippen LogP contribution in [0.1, 0.15) is 64.6 Å². The molecule has 3 fully saturated rings. The molecule has 1 saturated heterocycles. The third-order valence-corrected chi connectivity index (χ3v) is 8.28. The fraction of sp³-hybridized carbons (Fsp3) is 0.560. The summed E-state index contributed by atoms with van der Waals surface area (Å²) >= 11 is 0. The van der Waals surface area contributed by atoms with Crippen LogP contribution in [0.5, 0.6) is 0 Å². The standard InChI is InChI=1S/C25H33N5O2S/c1-16(2)24-21(9-8-19-6-7-19)27-30-22(24)12-20(33(31,32)28-25(5)10-11-25)13-23(30)29-14-17(3)26-18(4)15-29/h12-13,17-19,26,28H,1,6-7,10-11,14-15H2,2-5H3/t17-,18-/m0/s1. The number of hydrogen-bond acceptors (Lipinski definition) is 5. The van der Waals surface area contributed by atoms with Gasteiger partial charge in [-0.2, -0.15) is 5.10 Å². The number of rotatable bonds is 5. The van der Waals surface area contributed by atoms with Crippen LogP contribution in [0, 0.1) is 17.8 Å².